The molecule has 0 spiro atoms. The molecular weight excluding hydrogens is 830 g/mol. The van der Waals surface area contributed by atoms with Gasteiger partial charge in [-0.3, -0.25) is 49.8 Å². The van der Waals surface area contributed by atoms with E-state index in [0.29, 0.717) is 0 Å². The summed E-state index contributed by atoms with van der Waals surface area (Å²) in [6, 6.07) is 0. The summed E-state index contributed by atoms with van der Waals surface area (Å²) >= 11 is 0. The molecule has 308 valence electrons. The first-order valence-corrected chi connectivity index (χ1v) is 23.2. The predicted octanol–water partition coefficient (Wildman–Crippen LogP) is -0.573. The van der Waals surface area contributed by atoms with Gasteiger partial charge in [-0.15, -0.1) is 0 Å². The van der Waals surface area contributed by atoms with Crippen LogP contribution in [0.5, 0.6) is 0 Å². The second-order valence-electron chi connectivity index (χ2n) is 9.42. The zero-order valence-electron chi connectivity index (χ0n) is 27.3. The van der Waals surface area contributed by atoms with E-state index in [-0.39, 0.29) is 26.3 Å². The van der Waals surface area contributed by atoms with E-state index in [9.17, 15) is 51.9 Å². The molecule has 0 radical (unpaired) electrons. The van der Waals surface area contributed by atoms with Gasteiger partial charge in [0.15, 0.2) is 0 Å². The van der Waals surface area contributed by atoms with Crippen molar-refractivity contribution in [2.45, 2.75) is 0 Å². The number of phosphoric ester groups is 6. The number of aliphatic hydroxyl groups excluding tert-OH is 1. The van der Waals surface area contributed by atoms with Crippen LogP contribution in [0.15, 0.2) is 0 Å². The molecule has 0 bridgehead atoms. The molecule has 0 heterocycles. The minimum Gasteiger partial charge on any atom is -0.396 e. The highest BCUT2D eigenvalue weighted by Gasteiger charge is 2.29. The van der Waals surface area contributed by atoms with Crippen LogP contribution in [0.2, 0.25) is 0 Å². The van der Waals surface area contributed by atoms with Crippen molar-refractivity contribution >= 4 is 46.9 Å². The molecule has 0 aromatic heterocycles. The van der Waals surface area contributed by atoms with Crippen molar-refractivity contribution in [3.63, 3.8) is 0 Å². The number of phosphoric acid groups is 6. The largest absolute Gasteiger partial charge is 0.472 e. The van der Waals surface area contributed by atoms with Gasteiger partial charge in [-0.2, -0.15) is 0 Å². The van der Waals surface area contributed by atoms with Gasteiger partial charge < -0.3 is 50.0 Å². The lowest BCUT2D eigenvalue weighted by molar-refractivity contribution is 0.0723. The highest BCUT2D eigenvalue weighted by molar-refractivity contribution is 7.48. The third-order valence-electron chi connectivity index (χ3n) is 5.04. The third kappa shape index (κ3) is 30.4. The highest BCUT2D eigenvalue weighted by Crippen LogP contribution is 2.48. The van der Waals surface area contributed by atoms with E-state index in [1.807, 2.05) is 0 Å². The second kappa shape index (κ2) is 25.6. The van der Waals surface area contributed by atoms with Gasteiger partial charge >= 0.3 is 46.9 Å². The molecule has 33 heteroatoms. The fraction of sp³-hybridized carbons (Fsp3) is 1.00. The van der Waals surface area contributed by atoms with Crippen LogP contribution in [0.3, 0.4) is 0 Å². The Balaban J connectivity index is 4.26. The van der Waals surface area contributed by atoms with Gasteiger partial charge in [-0.25, -0.2) is 27.4 Å². The van der Waals surface area contributed by atoms with Crippen LogP contribution in [0.25, 0.3) is 0 Å². The third-order valence-corrected chi connectivity index (χ3v) is 10.5. The molecule has 0 saturated carbocycles. The fourth-order valence-electron chi connectivity index (χ4n) is 2.93. The van der Waals surface area contributed by atoms with Gasteiger partial charge in [0.2, 0.25) is 0 Å². The van der Waals surface area contributed by atoms with Gasteiger partial charge in [0.05, 0.1) is 72.7 Å². The Morgan fingerprint density at radius 2 is 0.647 bits per heavy atom. The molecule has 10 N–H and O–H groups in total. The van der Waals surface area contributed by atoms with Gasteiger partial charge in [0, 0.05) is 31.5 Å². The van der Waals surface area contributed by atoms with Crippen LogP contribution in [0.1, 0.15) is 0 Å². The number of hydrogen-bond acceptors (Lipinski definition) is 20. The molecular formula is C18H46N2O25P6. The lowest BCUT2D eigenvalue weighted by Crippen LogP contribution is -2.26. The van der Waals surface area contributed by atoms with E-state index in [1.165, 1.54) is 7.05 Å². The molecule has 0 amide bonds. The first-order chi connectivity index (χ1) is 23.5. The molecule has 0 fully saturated rings. The van der Waals surface area contributed by atoms with Gasteiger partial charge in [-0.1, -0.05) is 0 Å². The topological polar surface area (TPSA) is 390 Å². The molecule has 0 rings (SSSR count). The van der Waals surface area contributed by atoms with Crippen molar-refractivity contribution in [2.24, 2.45) is 11.8 Å². The van der Waals surface area contributed by atoms with Crippen LogP contribution in [0, 0.1) is 11.8 Å². The summed E-state index contributed by atoms with van der Waals surface area (Å²) in [5.74, 6) is -1.28. The van der Waals surface area contributed by atoms with Crippen LogP contribution in [-0.2, 0) is 77.2 Å². The molecule has 7 unspecified atom stereocenters. The molecule has 0 aromatic rings. The molecule has 0 saturated heterocycles. The number of hydrogen-bond donors (Lipinski definition) is 10. The van der Waals surface area contributed by atoms with Crippen LogP contribution in [0.4, 0.5) is 0 Å². The summed E-state index contributed by atoms with van der Waals surface area (Å²) in [4.78, 5) is 65.7. The number of aliphatic hydroxyl groups is 1. The minimum absolute atomic E-state index is 0.0771. The normalized spacial score (nSPS) is 19.6. The molecule has 51 heavy (non-hydrogen) atoms. The van der Waals surface area contributed by atoms with Crippen molar-refractivity contribution in [2.75, 3.05) is 106 Å². The van der Waals surface area contributed by atoms with E-state index in [1.54, 1.807) is 7.05 Å². The van der Waals surface area contributed by atoms with E-state index in [0.717, 1.165) is 0 Å². The zero-order chi connectivity index (χ0) is 39.2. The van der Waals surface area contributed by atoms with Crippen molar-refractivity contribution in [3.8, 4) is 0 Å². The van der Waals surface area contributed by atoms with Crippen LogP contribution >= 0.6 is 46.9 Å². The minimum atomic E-state index is -4.84. The summed E-state index contributed by atoms with van der Waals surface area (Å²) in [6.45, 7) is -7.51. The molecule has 0 aliphatic rings. The van der Waals surface area contributed by atoms with Crippen molar-refractivity contribution in [1.82, 2.24) is 10.6 Å². The number of rotatable bonds is 34. The van der Waals surface area contributed by atoms with Crippen molar-refractivity contribution in [1.29, 1.82) is 0 Å². The van der Waals surface area contributed by atoms with E-state index < -0.39 is 125 Å². The van der Waals surface area contributed by atoms with Gasteiger partial charge in [0.1, 0.15) is 0 Å². The summed E-state index contributed by atoms with van der Waals surface area (Å²) in [6.07, 6.45) is 0. The quantitative estimate of drug-likeness (QED) is 0.0286. The maximum atomic E-state index is 12.0. The lowest BCUT2D eigenvalue weighted by Gasteiger charge is -2.19. The predicted molar refractivity (Wildman–Crippen MR) is 169 cm³/mol. The molecule has 27 nitrogen and oxygen atoms in total. The number of nitrogens with one attached hydrogen (secondary N) is 2. The Labute approximate surface area is 292 Å². The fourth-order valence-corrected chi connectivity index (χ4v) is 6.95. The lowest BCUT2D eigenvalue weighted by atomic mass is 10.2. The van der Waals surface area contributed by atoms with E-state index in [2.05, 4.69) is 51.3 Å². The first kappa shape index (κ1) is 51.5. The second-order valence-corrected chi connectivity index (χ2v) is 17.9. The molecule has 0 aliphatic heterocycles. The van der Waals surface area contributed by atoms with Gasteiger partial charge in [-0.05, 0) is 14.1 Å². The molecule has 7 atom stereocenters. The van der Waals surface area contributed by atoms with Crippen molar-refractivity contribution < 1.29 is 117 Å². The maximum absolute atomic E-state index is 12.0. The maximum Gasteiger partial charge on any atom is 0.472 e. The Bertz CT molecular complexity index is 1250. The summed E-state index contributed by atoms with van der Waals surface area (Å²) in [7, 11) is -25.5. The van der Waals surface area contributed by atoms with Crippen LogP contribution < -0.4 is 10.6 Å². The smallest absolute Gasteiger partial charge is 0.396 e. The first-order valence-electron chi connectivity index (χ1n) is 14.2. The Kier molecular flexibility index (Phi) is 25.9. The van der Waals surface area contributed by atoms with Crippen molar-refractivity contribution in [3.05, 3.63) is 0 Å². The average molecular weight is 876 g/mol. The molecule has 0 aliphatic carbocycles. The average Bonchev–Trinajstić information content (AvgIpc) is 3.01. The summed E-state index contributed by atoms with van der Waals surface area (Å²) in [5, 5.41) is 14.5. The standard InChI is InChI=1S/C18H46N2O25P6/c1-19-11-17(13-21)14-44-50(31,32)41-9-7-39-48(27,28)37-5-3-35-47(25,26)36-4-6-38-49(29,30)40-8-10-42-51(33,34)45-16-18(12-20-2)15-43-46(22,23)24/h17-21H,3-16H2,1-2H3,(H,25,26)(H,27,28)(H,29,30)(H,31,32)(H,33,34)(H2,22,23,24). The zero-order valence-corrected chi connectivity index (χ0v) is 32.6. The highest BCUT2D eigenvalue weighted by atomic mass is 31.2. The van der Waals surface area contributed by atoms with Crippen LogP contribution in [-0.4, -0.2) is 146 Å². The molecule has 0 aromatic carbocycles. The van der Waals surface area contributed by atoms with E-state index >= 15 is 0 Å². The Morgan fingerprint density at radius 1 is 0.412 bits per heavy atom. The SMILES string of the molecule is CNCC(CO)COP(=O)(O)OCCOP(=O)(O)OCCOP(=O)(O)OCCOP(=O)(O)OCCOP(=O)(O)OCC(CNC)COP(=O)(O)O. The monoisotopic (exact) mass is 876 g/mol. The summed E-state index contributed by atoms with van der Waals surface area (Å²) in [5.41, 5.74) is 0. The van der Waals surface area contributed by atoms with Gasteiger partial charge in [0.25, 0.3) is 0 Å². The summed E-state index contributed by atoms with van der Waals surface area (Å²) < 4.78 is 120. The van der Waals surface area contributed by atoms with E-state index in [4.69, 9.17) is 23.9 Å². The Hall–Kier alpha value is 0.540. The Morgan fingerprint density at radius 3 is 0.902 bits per heavy atom.